The van der Waals surface area contributed by atoms with Crippen LogP contribution < -0.4 is 0 Å². The van der Waals surface area contributed by atoms with Gasteiger partial charge in [-0.15, -0.1) is 0 Å². The maximum atomic E-state index is 6.29. The topological polar surface area (TPSA) is 13.1 Å². The van der Waals surface area contributed by atoms with Gasteiger partial charge >= 0.3 is 0 Å². The number of hydrogen-bond acceptors (Lipinski definition) is 1. The van der Waals surface area contributed by atoms with Crippen LogP contribution in [0.15, 0.2) is 33.5 Å². The molecule has 2 rings (SSSR count). The van der Waals surface area contributed by atoms with Crippen LogP contribution in [0.2, 0.25) is 5.02 Å². The van der Waals surface area contributed by atoms with Gasteiger partial charge < -0.3 is 4.42 Å². The van der Waals surface area contributed by atoms with Crippen molar-refractivity contribution in [3.8, 4) is 0 Å². The van der Waals surface area contributed by atoms with E-state index in [1.165, 1.54) is 11.1 Å². The SMILES string of the molecule is Cc1cc(Cl)c(C(Br)c2ccoc2Br)cc1C. The second kappa shape index (κ2) is 5.17. The van der Waals surface area contributed by atoms with Crippen molar-refractivity contribution in [2.75, 3.05) is 0 Å². The molecule has 0 saturated carbocycles. The van der Waals surface area contributed by atoms with Crippen molar-refractivity contribution in [3.05, 3.63) is 56.4 Å². The Bertz CT molecular complexity index is 548. The number of benzene rings is 1. The second-order valence-electron chi connectivity index (χ2n) is 3.97. The Morgan fingerprint density at radius 2 is 1.82 bits per heavy atom. The van der Waals surface area contributed by atoms with Crippen molar-refractivity contribution >= 4 is 43.5 Å². The molecule has 0 aliphatic carbocycles. The van der Waals surface area contributed by atoms with E-state index < -0.39 is 0 Å². The first-order valence-corrected chi connectivity index (χ1v) is 7.23. The lowest BCUT2D eigenvalue weighted by Crippen LogP contribution is -1.95. The fourth-order valence-electron chi connectivity index (χ4n) is 1.65. The molecule has 90 valence electrons. The minimum Gasteiger partial charge on any atom is -0.457 e. The summed E-state index contributed by atoms with van der Waals surface area (Å²) in [7, 11) is 0. The van der Waals surface area contributed by atoms with E-state index in [2.05, 4.69) is 51.8 Å². The molecule has 1 aromatic carbocycles. The Hall–Kier alpha value is -0.250. The lowest BCUT2D eigenvalue weighted by Gasteiger charge is -2.13. The molecular formula is C13H11Br2ClO. The quantitative estimate of drug-likeness (QED) is 0.602. The van der Waals surface area contributed by atoms with E-state index in [9.17, 15) is 0 Å². The first-order chi connectivity index (χ1) is 8.00. The van der Waals surface area contributed by atoms with E-state index >= 15 is 0 Å². The van der Waals surface area contributed by atoms with Crippen LogP contribution >= 0.6 is 43.5 Å². The Morgan fingerprint density at radius 3 is 2.41 bits per heavy atom. The van der Waals surface area contributed by atoms with Gasteiger partial charge in [0.1, 0.15) is 0 Å². The van der Waals surface area contributed by atoms with E-state index in [0.717, 1.165) is 20.8 Å². The third-order valence-corrected chi connectivity index (χ3v) is 4.76. The van der Waals surface area contributed by atoms with Crippen LogP contribution in [-0.2, 0) is 0 Å². The number of furan rings is 1. The molecule has 0 saturated heterocycles. The molecule has 0 bridgehead atoms. The maximum absolute atomic E-state index is 6.29. The third kappa shape index (κ3) is 2.61. The van der Waals surface area contributed by atoms with Crippen LogP contribution in [0, 0.1) is 13.8 Å². The lowest BCUT2D eigenvalue weighted by molar-refractivity contribution is 0.537. The summed E-state index contributed by atoms with van der Waals surface area (Å²) in [4.78, 5) is 0.0300. The molecule has 0 amide bonds. The zero-order valence-corrected chi connectivity index (χ0v) is 13.4. The normalized spacial score (nSPS) is 12.8. The summed E-state index contributed by atoms with van der Waals surface area (Å²) in [6.07, 6.45) is 1.66. The summed E-state index contributed by atoms with van der Waals surface area (Å²) in [5.41, 5.74) is 4.52. The highest BCUT2D eigenvalue weighted by atomic mass is 79.9. The van der Waals surface area contributed by atoms with E-state index in [0.29, 0.717) is 0 Å². The molecule has 1 aromatic heterocycles. The molecule has 1 nitrogen and oxygen atoms in total. The molecule has 0 spiro atoms. The van der Waals surface area contributed by atoms with Gasteiger partial charge in [-0.05, 0) is 58.6 Å². The number of rotatable bonds is 2. The summed E-state index contributed by atoms with van der Waals surface area (Å²) in [5, 5.41) is 0.767. The largest absolute Gasteiger partial charge is 0.457 e. The van der Waals surface area contributed by atoms with Crippen molar-refractivity contribution in [1.82, 2.24) is 0 Å². The first kappa shape index (κ1) is 13.2. The molecule has 0 fully saturated rings. The van der Waals surface area contributed by atoms with E-state index in [-0.39, 0.29) is 4.83 Å². The van der Waals surface area contributed by atoms with Crippen molar-refractivity contribution in [1.29, 1.82) is 0 Å². The Kier molecular flexibility index (Phi) is 4.01. The first-order valence-electron chi connectivity index (χ1n) is 5.14. The fourth-order valence-corrected chi connectivity index (χ4v) is 3.62. The average molecular weight is 378 g/mol. The van der Waals surface area contributed by atoms with Crippen LogP contribution in [0.4, 0.5) is 0 Å². The van der Waals surface area contributed by atoms with Gasteiger partial charge in [-0.1, -0.05) is 33.6 Å². The van der Waals surface area contributed by atoms with Crippen molar-refractivity contribution in [2.45, 2.75) is 18.7 Å². The molecular weight excluding hydrogens is 367 g/mol. The summed E-state index contributed by atoms with van der Waals surface area (Å²) in [5.74, 6) is 0. The number of aryl methyl sites for hydroxylation is 2. The molecule has 0 aliphatic rings. The van der Waals surface area contributed by atoms with E-state index in [1.54, 1.807) is 6.26 Å². The molecule has 4 heteroatoms. The van der Waals surface area contributed by atoms with Gasteiger partial charge in [0.15, 0.2) is 4.67 Å². The lowest BCUT2D eigenvalue weighted by atomic mass is 10.0. The molecule has 2 aromatic rings. The van der Waals surface area contributed by atoms with E-state index in [1.807, 2.05) is 12.1 Å². The minimum absolute atomic E-state index is 0.0300. The fraction of sp³-hybridized carbons (Fsp3) is 0.231. The van der Waals surface area contributed by atoms with Gasteiger partial charge in [-0.25, -0.2) is 0 Å². The monoisotopic (exact) mass is 376 g/mol. The molecule has 0 radical (unpaired) electrons. The summed E-state index contributed by atoms with van der Waals surface area (Å²) in [6, 6.07) is 6.03. The molecule has 17 heavy (non-hydrogen) atoms. The predicted octanol–water partition coefficient (Wildman–Crippen LogP) is 5.80. The summed E-state index contributed by atoms with van der Waals surface area (Å²) >= 11 is 13.3. The average Bonchev–Trinajstić information content (AvgIpc) is 2.69. The summed E-state index contributed by atoms with van der Waals surface area (Å²) < 4.78 is 5.97. The van der Waals surface area contributed by atoms with Crippen molar-refractivity contribution in [3.63, 3.8) is 0 Å². The van der Waals surface area contributed by atoms with Gasteiger partial charge in [-0.2, -0.15) is 0 Å². The van der Waals surface area contributed by atoms with Crippen molar-refractivity contribution in [2.24, 2.45) is 0 Å². The van der Waals surface area contributed by atoms with Gasteiger partial charge in [0, 0.05) is 10.6 Å². The highest BCUT2D eigenvalue weighted by Gasteiger charge is 2.19. The second-order valence-corrected chi connectivity index (χ2v) is 6.01. The van der Waals surface area contributed by atoms with Crippen molar-refractivity contribution < 1.29 is 4.42 Å². The van der Waals surface area contributed by atoms with Gasteiger partial charge in [0.05, 0.1) is 11.1 Å². The molecule has 0 N–H and O–H groups in total. The van der Waals surface area contributed by atoms with Gasteiger partial charge in [0.25, 0.3) is 0 Å². The Balaban J connectivity index is 2.48. The number of halogens is 3. The smallest absolute Gasteiger partial charge is 0.173 e. The Labute approximate surface area is 122 Å². The molecule has 1 unspecified atom stereocenters. The highest BCUT2D eigenvalue weighted by Crippen LogP contribution is 2.39. The summed E-state index contributed by atoms with van der Waals surface area (Å²) in [6.45, 7) is 4.14. The molecule has 0 aliphatic heterocycles. The zero-order chi connectivity index (χ0) is 12.6. The maximum Gasteiger partial charge on any atom is 0.173 e. The standard InChI is InChI=1S/C13H11Br2ClO/c1-7-5-10(11(16)6-8(7)2)12(14)9-3-4-17-13(9)15/h3-6,12H,1-2H3. The highest BCUT2D eigenvalue weighted by molar-refractivity contribution is 9.10. The van der Waals surface area contributed by atoms with Gasteiger partial charge in [-0.3, -0.25) is 0 Å². The number of hydrogen-bond donors (Lipinski definition) is 0. The van der Waals surface area contributed by atoms with Crippen LogP contribution in [-0.4, -0.2) is 0 Å². The van der Waals surface area contributed by atoms with E-state index in [4.69, 9.17) is 16.0 Å². The minimum atomic E-state index is 0.0300. The molecule has 1 heterocycles. The van der Waals surface area contributed by atoms with Crippen LogP contribution in [0.5, 0.6) is 0 Å². The van der Waals surface area contributed by atoms with Crippen LogP contribution in [0.1, 0.15) is 27.1 Å². The predicted molar refractivity (Wildman–Crippen MR) is 78.1 cm³/mol. The third-order valence-electron chi connectivity index (χ3n) is 2.81. The zero-order valence-electron chi connectivity index (χ0n) is 9.43. The molecule has 1 atom stereocenters. The van der Waals surface area contributed by atoms with Crippen LogP contribution in [0.3, 0.4) is 0 Å². The Morgan fingerprint density at radius 1 is 1.18 bits per heavy atom. The van der Waals surface area contributed by atoms with Crippen LogP contribution in [0.25, 0.3) is 0 Å². The number of alkyl halides is 1. The van der Waals surface area contributed by atoms with Gasteiger partial charge in [0.2, 0.25) is 0 Å².